The Kier molecular flexibility index (Phi) is 4.67. The highest BCUT2D eigenvalue weighted by molar-refractivity contribution is 7.91. The van der Waals surface area contributed by atoms with Crippen LogP contribution in [0, 0.1) is 0 Å². The average molecular weight is 274 g/mol. The van der Waals surface area contributed by atoms with E-state index in [9.17, 15) is 8.42 Å². The highest BCUT2D eigenvalue weighted by Gasteiger charge is 2.40. The summed E-state index contributed by atoms with van der Waals surface area (Å²) in [5, 5.41) is 3.51. The number of piperazine rings is 1. The van der Waals surface area contributed by atoms with Gasteiger partial charge in [0.1, 0.15) is 9.84 Å². The lowest BCUT2D eigenvalue weighted by Gasteiger charge is -2.45. The van der Waals surface area contributed by atoms with E-state index in [2.05, 4.69) is 10.2 Å². The molecule has 1 aliphatic heterocycles. The van der Waals surface area contributed by atoms with E-state index in [1.807, 2.05) is 0 Å². The summed E-state index contributed by atoms with van der Waals surface area (Å²) in [6, 6.07) is 0. The molecule has 1 aliphatic carbocycles. The third-order valence-electron chi connectivity index (χ3n) is 4.54. The second kappa shape index (κ2) is 5.88. The largest absolute Gasteiger partial charge is 0.314 e. The van der Waals surface area contributed by atoms with Crippen molar-refractivity contribution in [3.63, 3.8) is 0 Å². The highest BCUT2D eigenvalue weighted by atomic mass is 32.2. The quantitative estimate of drug-likeness (QED) is 0.813. The molecule has 0 aromatic carbocycles. The molecule has 5 heteroatoms. The fourth-order valence-electron chi connectivity index (χ4n) is 3.38. The molecule has 1 saturated carbocycles. The molecule has 0 amide bonds. The lowest BCUT2D eigenvalue weighted by molar-refractivity contribution is 0.0653. The van der Waals surface area contributed by atoms with Crippen molar-refractivity contribution in [2.45, 2.75) is 44.6 Å². The first-order valence-corrected chi connectivity index (χ1v) is 9.06. The monoisotopic (exact) mass is 274 g/mol. The molecule has 0 unspecified atom stereocenters. The van der Waals surface area contributed by atoms with E-state index < -0.39 is 9.84 Å². The second-order valence-corrected chi connectivity index (χ2v) is 8.16. The van der Waals surface area contributed by atoms with Crippen LogP contribution in [0.2, 0.25) is 0 Å². The molecule has 0 atom stereocenters. The molecular formula is C13H26N2O2S. The Hall–Kier alpha value is -0.130. The van der Waals surface area contributed by atoms with Gasteiger partial charge in [0.2, 0.25) is 0 Å². The summed E-state index contributed by atoms with van der Waals surface area (Å²) in [7, 11) is -2.80. The van der Waals surface area contributed by atoms with Crippen molar-refractivity contribution < 1.29 is 8.42 Å². The van der Waals surface area contributed by atoms with Gasteiger partial charge in [-0.05, 0) is 25.8 Å². The molecule has 0 aromatic heterocycles. The van der Waals surface area contributed by atoms with Gasteiger partial charge in [0.05, 0.1) is 5.75 Å². The summed E-state index contributed by atoms with van der Waals surface area (Å²) < 4.78 is 23.0. The molecule has 0 radical (unpaired) electrons. The van der Waals surface area contributed by atoms with Crippen molar-refractivity contribution in [3.8, 4) is 0 Å². The van der Waals surface area contributed by atoms with Crippen LogP contribution < -0.4 is 5.32 Å². The van der Waals surface area contributed by atoms with Gasteiger partial charge in [-0.2, -0.15) is 0 Å². The Bertz CT molecular complexity index is 361. The molecule has 106 valence electrons. The Morgan fingerprint density at radius 2 is 2.00 bits per heavy atom. The fourth-order valence-corrected chi connectivity index (χ4v) is 4.24. The van der Waals surface area contributed by atoms with E-state index in [1.54, 1.807) is 6.92 Å². The molecule has 1 saturated heterocycles. The van der Waals surface area contributed by atoms with Gasteiger partial charge in [-0.1, -0.05) is 19.8 Å². The maximum atomic E-state index is 11.5. The molecule has 1 heterocycles. The van der Waals surface area contributed by atoms with Crippen molar-refractivity contribution in [2.75, 3.05) is 37.7 Å². The topological polar surface area (TPSA) is 49.4 Å². The number of nitrogens with one attached hydrogen (secondary N) is 1. The van der Waals surface area contributed by atoms with Gasteiger partial charge >= 0.3 is 0 Å². The normalized spacial score (nSPS) is 24.7. The van der Waals surface area contributed by atoms with E-state index in [4.69, 9.17) is 0 Å². The van der Waals surface area contributed by atoms with E-state index in [0.29, 0.717) is 11.3 Å². The molecule has 2 rings (SSSR count). The Morgan fingerprint density at radius 1 is 1.28 bits per heavy atom. The van der Waals surface area contributed by atoms with Crippen LogP contribution in [-0.2, 0) is 9.84 Å². The maximum Gasteiger partial charge on any atom is 0.150 e. The summed E-state index contributed by atoms with van der Waals surface area (Å²) in [5.74, 6) is 0.628. The molecule has 0 aromatic rings. The van der Waals surface area contributed by atoms with E-state index in [0.717, 1.165) is 32.6 Å². The molecule has 18 heavy (non-hydrogen) atoms. The van der Waals surface area contributed by atoms with Crippen LogP contribution in [0.25, 0.3) is 0 Å². The van der Waals surface area contributed by atoms with Crippen molar-refractivity contribution in [1.82, 2.24) is 10.2 Å². The third-order valence-corrected chi connectivity index (χ3v) is 6.33. The Balaban J connectivity index is 1.87. The van der Waals surface area contributed by atoms with Crippen molar-refractivity contribution in [1.29, 1.82) is 0 Å². The van der Waals surface area contributed by atoms with Crippen LogP contribution in [0.1, 0.15) is 39.0 Å². The highest BCUT2D eigenvalue weighted by Crippen LogP contribution is 2.36. The maximum absolute atomic E-state index is 11.5. The van der Waals surface area contributed by atoms with E-state index in [1.165, 1.54) is 25.7 Å². The molecule has 0 bridgehead atoms. The summed E-state index contributed by atoms with van der Waals surface area (Å²) in [5.41, 5.74) is 0.341. The summed E-state index contributed by atoms with van der Waals surface area (Å²) in [6.45, 7) is 5.89. The van der Waals surface area contributed by atoms with Crippen LogP contribution in [0.3, 0.4) is 0 Å². The lowest BCUT2D eigenvalue weighted by Crippen LogP contribution is -2.60. The third kappa shape index (κ3) is 3.25. The van der Waals surface area contributed by atoms with E-state index >= 15 is 0 Å². The van der Waals surface area contributed by atoms with E-state index in [-0.39, 0.29) is 5.75 Å². The minimum atomic E-state index is -2.80. The lowest BCUT2D eigenvalue weighted by atomic mass is 9.92. The van der Waals surface area contributed by atoms with Gasteiger partial charge < -0.3 is 5.32 Å². The number of sulfone groups is 1. The Morgan fingerprint density at radius 3 is 2.67 bits per heavy atom. The zero-order valence-corrected chi connectivity index (χ0v) is 12.3. The fraction of sp³-hybridized carbons (Fsp3) is 1.00. The molecule has 2 fully saturated rings. The molecule has 1 spiro atoms. The van der Waals surface area contributed by atoms with Gasteiger partial charge in [0.15, 0.2) is 0 Å². The molecule has 2 aliphatic rings. The summed E-state index contributed by atoms with van der Waals surface area (Å²) >= 11 is 0. The van der Waals surface area contributed by atoms with Crippen LogP contribution in [0.15, 0.2) is 0 Å². The minimum absolute atomic E-state index is 0.277. The number of nitrogens with zero attached hydrogens (tertiary/aromatic N) is 1. The van der Waals surface area contributed by atoms with Crippen LogP contribution in [-0.4, -0.2) is 56.5 Å². The summed E-state index contributed by atoms with van der Waals surface area (Å²) in [4.78, 5) is 2.56. The van der Waals surface area contributed by atoms with Gasteiger partial charge in [0, 0.05) is 30.9 Å². The minimum Gasteiger partial charge on any atom is -0.314 e. The van der Waals surface area contributed by atoms with Crippen LogP contribution >= 0.6 is 0 Å². The van der Waals surface area contributed by atoms with Gasteiger partial charge in [-0.15, -0.1) is 0 Å². The first-order chi connectivity index (χ1) is 8.58. The van der Waals surface area contributed by atoms with Crippen molar-refractivity contribution in [3.05, 3.63) is 0 Å². The number of rotatable bonds is 5. The zero-order valence-electron chi connectivity index (χ0n) is 11.5. The average Bonchev–Trinajstić information content (AvgIpc) is 2.81. The zero-order chi connectivity index (χ0) is 13.1. The van der Waals surface area contributed by atoms with Crippen molar-refractivity contribution in [2.24, 2.45) is 0 Å². The smallest absolute Gasteiger partial charge is 0.150 e. The first-order valence-electron chi connectivity index (χ1n) is 7.24. The Labute approximate surface area is 111 Å². The molecule has 1 N–H and O–H groups in total. The summed E-state index contributed by atoms with van der Waals surface area (Å²) in [6.07, 6.45) is 6.00. The number of hydrogen-bond donors (Lipinski definition) is 1. The first kappa shape index (κ1) is 14.3. The SMILES string of the molecule is CCS(=O)(=O)CCCN1CCNCC12CCCC2. The molecular weight excluding hydrogens is 248 g/mol. The van der Waals surface area contributed by atoms with Crippen LogP contribution in [0.5, 0.6) is 0 Å². The van der Waals surface area contributed by atoms with Gasteiger partial charge in [-0.3, -0.25) is 4.90 Å². The van der Waals surface area contributed by atoms with Crippen LogP contribution in [0.4, 0.5) is 0 Å². The standard InChI is InChI=1S/C13H26N2O2S/c1-2-18(16,17)11-5-9-15-10-8-14-12-13(15)6-3-4-7-13/h14H,2-12H2,1H3. The van der Waals surface area contributed by atoms with Crippen molar-refractivity contribution >= 4 is 9.84 Å². The molecule has 4 nitrogen and oxygen atoms in total. The number of hydrogen-bond acceptors (Lipinski definition) is 4. The predicted octanol–water partition coefficient (Wildman–Crippen LogP) is 1.03. The predicted molar refractivity (Wildman–Crippen MR) is 74.6 cm³/mol. The second-order valence-electron chi connectivity index (χ2n) is 5.69. The van der Waals surface area contributed by atoms with Gasteiger partial charge in [0.25, 0.3) is 0 Å². The van der Waals surface area contributed by atoms with Gasteiger partial charge in [-0.25, -0.2) is 8.42 Å².